The third-order valence-electron chi connectivity index (χ3n) is 9.43. The molecule has 44 heavy (non-hydrogen) atoms. The summed E-state index contributed by atoms with van der Waals surface area (Å²) in [6.07, 6.45) is 3.91. The van der Waals surface area contributed by atoms with E-state index in [1.807, 2.05) is 65.6 Å². The molecule has 3 saturated heterocycles. The lowest BCUT2D eigenvalue weighted by Gasteiger charge is -2.39. The van der Waals surface area contributed by atoms with Crippen molar-refractivity contribution >= 4 is 11.8 Å². The van der Waals surface area contributed by atoms with Gasteiger partial charge in [0, 0.05) is 63.3 Å². The Hall–Kier alpha value is -3.79. The largest absolute Gasteiger partial charge is 0.388 e. The molecule has 9 heteroatoms. The number of carbonyl (C=O) groups is 2. The minimum absolute atomic E-state index is 0.0500. The lowest BCUT2D eigenvalue weighted by Crippen LogP contribution is -2.50. The number of ether oxygens (including phenoxy) is 2. The Morgan fingerprint density at radius 2 is 1.45 bits per heavy atom. The van der Waals surface area contributed by atoms with Gasteiger partial charge >= 0.3 is 0 Å². The first kappa shape index (κ1) is 30.2. The number of aromatic nitrogens is 1. The number of nitrogens with zero attached hydrogens (tertiary/aromatic N) is 3. The highest BCUT2D eigenvalue weighted by Crippen LogP contribution is 2.33. The first-order chi connectivity index (χ1) is 21.2. The molecular weight excluding hydrogens is 558 g/mol. The van der Waals surface area contributed by atoms with E-state index >= 15 is 0 Å². The fourth-order valence-corrected chi connectivity index (χ4v) is 6.67. The minimum Gasteiger partial charge on any atom is -0.388 e. The fraction of sp³-hybridized carbons (Fsp3) is 0.457. The second-order valence-electron chi connectivity index (χ2n) is 12.5. The number of hydrogen-bond acceptors (Lipinski definition) is 6. The molecule has 1 spiro atoms. The third kappa shape index (κ3) is 6.50. The molecule has 3 fully saturated rings. The molecule has 4 heterocycles. The lowest BCUT2D eigenvalue weighted by molar-refractivity contribution is -0.181. The van der Waals surface area contributed by atoms with Crippen LogP contribution >= 0.6 is 0 Å². The highest BCUT2D eigenvalue weighted by Gasteiger charge is 2.41. The maximum Gasteiger partial charge on any atom is 0.255 e. The van der Waals surface area contributed by atoms with Gasteiger partial charge in [-0.05, 0) is 29.9 Å². The summed E-state index contributed by atoms with van der Waals surface area (Å²) in [4.78, 5) is 44.0. The SMILES string of the molecule is C[C@H](CC(=O)N1CCC(O)(Cn2cc(C(=O)N3CCC4(CC3)OCCO4)c(-c3ccccc3)cc2=O)CC1)c1ccccc1. The third-order valence-corrected chi connectivity index (χ3v) is 9.43. The van der Waals surface area contributed by atoms with Crippen molar-refractivity contribution in [2.45, 2.75) is 62.9 Å². The van der Waals surface area contributed by atoms with Gasteiger partial charge in [0.15, 0.2) is 5.79 Å². The summed E-state index contributed by atoms with van der Waals surface area (Å²) in [5, 5.41) is 11.6. The number of likely N-dealkylation sites (tertiary alicyclic amines) is 2. The van der Waals surface area contributed by atoms with E-state index < -0.39 is 11.4 Å². The predicted molar refractivity (Wildman–Crippen MR) is 166 cm³/mol. The van der Waals surface area contributed by atoms with Crippen LogP contribution in [0.1, 0.15) is 60.9 Å². The molecule has 1 atom stereocenters. The maximum atomic E-state index is 14.0. The number of hydrogen-bond donors (Lipinski definition) is 1. The molecule has 1 N–H and O–H groups in total. The Balaban J connectivity index is 1.17. The topological polar surface area (TPSA) is 101 Å². The van der Waals surface area contributed by atoms with Gasteiger partial charge in [-0.15, -0.1) is 0 Å². The molecule has 9 nitrogen and oxygen atoms in total. The average molecular weight is 600 g/mol. The minimum atomic E-state index is -1.17. The van der Waals surface area contributed by atoms with E-state index in [1.165, 1.54) is 10.6 Å². The second kappa shape index (κ2) is 12.7. The van der Waals surface area contributed by atoms with Crippen molar-refractivity contribution in [1.82, 2.24) is 14.4 Å². The molecule has 0 bridgehead atoms. The van der Waals surface area contributed by atoms with E-state index in [2.05, 4.69) is 6.92 Å². The zero-order valence-electron chi connectivity index (χ0n) is 25.3. The summed E-state index contributed by atoms with van der Waals surface area (Å²) in [6, 6.07) is 20.9. The van der Waals surface area contributed by atoms with Gasteiger partial charge in [-0.1, -0.05) is 67.6 Å². The zero-order chi connectivity index (χ0) is 30.7. The molecule has 0 unspecified atom stereocenters. The predicted octanol–water partition coefficient (Wildman–Crippen LogP) is 4.04. The van der Waals surface area contributed by atoms with Gasteiger partial charge in [0.1, 0.15) is 0 Å². The summed E-state index contributed by atoms with van der Waals surface area (Å²) in [5.74, 6) is -0.592. The van der Waals surface area contributed by atoms with Gasteiger partial charge in [0.25, 0.3) is 11.5 Å². The maximum absolute atomic E-state index is 14.0. The van der Waals surface area contributed by atoms with E-state index in [0.717, 1.165) is 11.1 Å². The number of rotatable bonds is 7. The van der Waals surface area contributed by atoms with Crippen molar-refractivity contribution in [3.05, 3.63) is 94.4 Å². The summed E-state index contributed by atoms with van der Waals surface area (Å²) in [5.41, 5.74) is 1.45. The first-order valence-corrected chi connectivity index (χ1v) is 15.7. The molecule has 3 aliphatic heterocycles. The summed E-state index contributed by atoms with van der Waals surface area (Å²) in [6.45, 7) is 5.05. The van der Waals surface area contributed by atoms with Crippen molar-refractivity contribution in [2.24, 2.45) is 0 Å². The van der Waals surface area contributed by atoms with Gasteiger partial charge in [-0.2, -0.15) is 0 Å². The van der Waals surface area contributed by atoms with Gasteiger partial charge in [-0.25, -0.2) is 0 Å². The molecule has 2 amide bonds. The molecule has 0 radical (unpaired) electrons. The molecule has 2 aromatic carbocycles. The van der Waals surface area contributed by atoms with Crippen LogP contribution in [-0.2, 0) is 20.8 Å². The number of benzene rings is 2. The Bertz CT molecular complexity index is 1520. The summed E-state index contributed by atoms with van der Waals surface area (Å²) < 4.78 is 13.1. The number of piperidine rings is 2. The van der Waals surface area contributed by atoms with Crippen LogP contribution in [0.25, 0.3) is 11.1 Å². The highest BCUT2D eigenvalue weighted by atomic mass is 16.7. The zero-order valence-corrected chi connectivity index (χ0v) is 25.3. The number of pyridine rings is 1. The summed E-state index contributed by atoms with van der Waals surface area (Å²) >= 11 is 0. The molecule has 6 rings (SSSR count). The van der Waals surface area contributed by atoms with Crippen LogP contribution in [-0.4, -0.2) is 82.1 Å². The molecule has 0 saturated carbocycles. The summed E-state index contributed by atoms with van der Waals surface area (Å²) in [7, 11) is 0. The van der Waals surface area contributed by atoms with E-state index in [9.17, 15) is 19.5 Å². The molecule has 0 aliphatic carbocycles. The molecule has 232 valence electrons. The molecule has 1 aromatic heterocycles. The average Bonchev–Trinajstić information content (AvgIpc) is 3.50. The number of carbonyl (C=O) groups excluding carboxylic acids is 2. The van der Waals surface area contributed by atoms with E-state index in [4.69, 9.17) is 9.47 Å². The van der Waals surface area contributed by atoms with Crippen LogP contribution in [0.15, 0.2) is 77.7 Å². The van der Waals surface area contributed by atoms with Crippen LogP contribution in [0.5, 0.6) is 0 Å². The van der Waals surface area contributed by atoms with Crippen LogP contribution in [0.2, 0.25) is 0 Å². The van der Waals surface area contributed by atoms with Crippen molar-refractivity contribution in [1.29, 1.82) is 0 Å². The van der Waals surface area contributed by atoms with Crippen molar-refractivity contribution < 1.29 is 24.2 Å². The molecule has 3 aliphatic rings. The number of amides is 2. The standard InChI is InChI=1S/C35H41N3O6/c1-26(27-8-4-2-5-9-27)22-31(39)36-16-12-34(42,13-17-36)25-38-24-30(29(23-32(38)40)28-10-6-3-7-11-28)33(41)37-18-14-35(15-19-37)43-20-21-44-35/h2-11,23-24,26,42H,12-22,25H2,1H3/t26-/m1/s1. The van der Waals surface area contributed by atoms with Gasteiger partial charge in [-0.3, -0.25) is 14.4 Å². The van der Waals surface area contributed by atoms with Crippen LogP contribution in [0.3, 0.4) is 0 Å². The van der Waals surface area contributed by atoms with E-state index in [-0.39, 0.29) is 29.8 Å². The van der Waals surface area contributed by atoms with Crippen LogP contribution in [0.4, 0.5) is 0 Å². The quantitative estimate of drug-likeness (QED) is 0.440. The Morgan fingerprint density at radius 3 is 2.09 bits per heavy atom. The van der Waals surface area contributed by atoms with E-state index in [0.29, 0.717) is 82.6 Å². The first-order valence-electron chi connectivity index (χ1n) is 15.7. The van der Waals surface area contributed by atoms with Crippen molar-refractivity contribution in [3.8, 4) is 11.1 Å². The Labute approximate surface area is 258 Å². The molecule has 3 aromatic rings. The van der Waals surface area contributed by atoms with E-state index in [1.54, 1.807) is 11.1 Å². The monoisotopic (exact) mass is 599 g/mol. The van der Waals surface area contributed by atoms with Crippen LogP contribution in [0, 0.1) is 0 Å². The second-order valence-corrected chi connectivity index (χ2v) is 12.5. The normalized spacial score (nSPS) is 20.0. The van der Waals surface area contributed by atoms with Crippen molar-refractivity contribution in [2.75, 3.05) is 39.4 Å². The Morgan fingerprint density at radius 1 is 0.864 bits per heavy atom. The molecular formula is C35H41N3O6. The Kier molecular flexibility index (Phi) is 8.71. The highest BCUT2D eigenvalue weighted by molar-refractivity contribution is 6.00. The van der Waals surface area contributed by atoms with Crippen molar-refractivity contribution in [3.63, 3.8) is 0 Å². The lowest BCUT2D eigenvalue weighted by atomic mass is 9.90. The smallest absolute Gasteiger partial charge is 0.255 e. The van der Waals surface area contributed by atoms with Crippen LogP contribution < -0.4 is 5.56 Å². The van der Waals surface area contributed by atoms with Gasteiger partial charge < -0.3 is 28.9 Å². The van der Waals surface area contributed by atoms with Gasteiger partial charge in [0.2, 0.25) is 5.91 Å². The fourth-order valence-electron chi connectivity index (χ4n) is 6.67. The number of aliphatic hydroxyl groups is 1. The van der Waals surface area contributed by atoms with Gasteiger partial charge in [0.05, 0.1) is 30.9 Å².